The van der Waals surface area contributed by atoms with Gasteiger partial charge in [-0.25, -0.2) is 4.98 Å². The molecule has 11 heavy (non-hydrogen) atoms. The molecule has 1 nitrogen and oxygen atoms in total. The first kappa shape index (κ1) is 7.07. The highest BCUT2D eigenvalue weighted by Gasteiger charge is 1.99. The van der Waals surface area contributed by atoms with Crippen LogP contribution in [0.1, 0.15) is 5.01 Å². The molecular formula is C8H5ClNS. The van der Waals surface area contributed by atoms with Gasteiger partial charge >= 0.3 is 0 Å². The summed E-state index contributed by atoms with van der Waals surface area (Å²) in [5.74, 6) is 0. The highest BCUT2D eigenvalue weighted by atomic mass is 35.5. The third kappa shape index (κ3) is 1.24. The first-order valence-corrected chi connectivity index (χ1v) is 4.39. The molecule has 3 heteroatoms. The van der Waals surface area contributed by atoms with Gasteiger partial charge in [-0.1, -0.05) is 11.6 Å². The quantitative estimate of drug-likeness (QED) is 0.610. The number of aryl methyl sites for hydroxylation is 1. The van der Waals surface area contributed by atoms with Gasteiger partial charge in [0.1, 0.15) is 0 Å². The fourth-order valence-electron chi connectivity index (χ4n) is 0.948. The van der Waals surface area contributed by atoms with E-state index < -0.39 is 0 Å². The maximum Gasteiger partial charge on any atom is 0.0908 e. The van der Waals surface area contributed by atoms with Gasteiger partial charge in [0.25, 0.3) is 0 Å². The molecule has 1 radical (unpaired) electrons. The van der Waals surface area contributed by atoms with Gasteiger partial charge in [0.15, 0.2) is 0 Å². The van der Waals surface area contributed by atoms with Crippen LogP contribution in [0, 0.1) is 13.0 Å². The zero-order chi connectivity index (χ0) is 7.84. The topological polar surface area (TPSA) is 12.9 Å². The lowest BCUT2D eigenvalue weighted by atomic mass is 10.3. The fourth-order valence-corrected chi connectivity index (χ4v) is 2.02. The number of fused-ring (bicyclic) bond motifs is 1. The van der Waals surface area contributed by atoms with Crippen LogP contribution in [0.15, 0.2) is 12.1 Å². The van der Waals surface area contributed by atoms with Gasteiger partial charge in [-0.05, 0) is 19.1 Å². The smallest absolute Gasteiger partial charge is 0.0908 e. The Hall–Kier alpha value is -0.600. The van der Waals surface area contributed by atoms with Crippen LogP contribution in [-0.2, 0) is 0 Å². The third-order valence-electron chi connectivity index (χ3n) is 1.38. The lowest BCUT2D eigenvalue weighted by Gasteiger charge is -1.85. The highest BCUT2D eigenvalue weighted by Crippen LogP contribution is 2.23. The molecule has 0 unspecified atom stereocenters. The minimum Gasteiger partial charge on any atom is -0.241 e. The normalized spacial score (nSPS) is 10.7. The molecule has 0 bridgehead atoms. The summed E-state index contributed by atoms with van der Waals surface area (Å²) in [6.45, 7) is 1.98. The van der Waals surface area contributed by atoms with Crippen LogP contribution in [0.2, 0.25) is 5.02 Å². The minimum absolute atomic E-state index is 0.723. The summed E-state index contributed by atoms with van der Waals surface area (Å²) in [6.07, 6.45) is 0. The summed E-state index contributed by atoms with van der Waals surface area (Å²) in [4.78, 5) is 4.26. The van der Waals surface area contributed by atoms with Crippen LogP contribution >= 0.6 is 22.9 Å². The van der Waals surface area contributed by atoms with E-state index in [4.69, 9.17) is 11.6 Å². The van der Waals surface area contributed by atoms with Gasteiger partial charge in [-0.2, -0.15) is 0 Å². The molecule has 2 rings (SSSR count). The van der Waals surface area contributed by atoms with Gasteiger partial charge in [0.2, 0.25) is 0 Å². The van der Waals surface area contributed by atoms with Crippen molar-refractivity contribution in [2.45, 2.75) is 6.92 Å². The van der Waals surface area contributed by atoms with Gasteiger partial charge < -0.3 is 0 Å². The molecule has 2 aromatic rings. The molecule has 0 saturated heterocycles. The van der Waals surface area contributed by atoms with Crippen molar-refractivity contribution in [1.29, 1.82) is 0 Å². The van der Waals surface area contributed by atoms with Crippen molar-refractivity contribution >= 4 is 33.2 Å². The van der Waals surface area contributed by atoms with Crippen LogP contribution in [-0.4, -0.2) is 4.98 Å². The van der Waals surface area contributed by atoms with Crippen molar-refractivity contribution in [3.8, 4) is 0 Å². The van der Waals surface area contributed by atoms with Crippen molar-refractivity contribution in [3.63, 3.8) is 0 Å². The summed E-state index contributed by atoms with van der Waals surface area (Å²) in [6, 6.07) is 6.66. The van der Waals surface area contributed by atoms with Crippen LogP contribution < -0.4 is 0 Å². The van der Waals surface area contributed by atoms with Crippen LogP contribution in [0.4, 0.5) is 0 Å². The molecule has 55 valence electrons. The highest BCUT2D eigenvalue weighted by molar-refractivity contribution is 7.18. The molecule has 0 aliphatic carbocycles. The first-order chi connectivity index (χ1) is 5.25. The van der Waals surface area contributed by atoms with Crippen molar-refractivity contribution in [2.75, 3.05) is 0 Å². The molecule has 0 N–H and O–H groups in total. The van der Waals surface area contributed by atoms with Gasteiger partial charge in [-0.15, -0.1) is 11.3 Å². The van der Waals surface area contributed by atoms with Crippen molar-refractivity contribution in [3.05, 3.63) is 28.2 Å². The van der Waals surface area contributed by atoms with E-state index in [0.717, 1.165) is 20.2 Å². The van der Waals surface area contributed by atoms with Crippen molar-refractivity contribution in [2.24, 2.45) is 0 Å². The molecule has 1 aromatic heterocycles. The molecule has 0 spiro atoms. The molecule has 0 amide bonds. The summed E-state index contributed by atoms with van der Waals surface area (Å²) in [5.41, 5.74) is 0.914. The van der Waals surface area contributed by atoms with Gasteiger partial charge in [0.05, 0.1) is 15.2 Å². The predicted octanol–water partition coefficient (Wildman–Crippen LogP) is 3.06. The summed E-state index contributed by atoms with van der Waals surface area (Å²) in [5, 5.41) is 1.78. The second kappa shape index (κ2) is 2.47. The Morgan fingerprint density at radius 2 is 2.45 bits per heavy atom. The molecule has 0 fully saturated rings. The van der Waals surface area contributed by atoms with E-state index in [-0.39, 0.29) is 0 Å². The number of aromatic nitrogens is 1. The van der Waals surface area contributed by atoms with E-state index in [1.165, 1.54) is 0 Å². The van der Waals surface area contributed by atoms with Crippen molar-refractivity contribution < 1.29 is 0 Å². The Kier molecular flexibility index (Phi) is 1.59. The number of rotatable bonds is 0. The maximum atomic E-state index is 5.78. The van der Waals surface area contributed by atoms with Crippen LogP contribution in [0.5, 0.6) is 0 Å². The summed E-state index contributed by atoms with van der Waals surface area (Å²) < 4.78 is 1.11. The zero-order valence-electron chi connectivity index (χ0n) is 5.89. The lowest BCUT2D eigenvalue weighted by Crippen LogP contribution is -1.68. The van der Waals surface area contributed by atoms with Crippen molar-refractivity contribution in [1.82, 2.24) is 4.98 Å². The average Bonchev–Trinajstić information content (AvgIpc) is 2.27. The SMILES string of the molecule is Cc1nc2[c]cc(Cl)cc2s1. The lowest BCUT2D eigenvalue weighted by molar-refractivity contribution is 1.34. The number of hydrogen-bond donors (Lipinski definition) is 0. The van der Waals surface area contributed by atoms with E-state index in [1.54, 1.807) is 17.4 Å². The van der Waals surface area contributed by atoms with E-state index in [1.807, 2.05) is 13.0 Å². The average molecular weight is 183 g/mol. The third-order valence-corrected chi connectivity index (χ3v) is 2.51. The largest absolute Gasteiger partial charge is 0.241 e. The predicted molar refractivity (Wildman–Crippen MR) is 48.2 cm³/mol. The standard InChI is InChI=1S/C8H5ClNS/c1-5-10-7-3-2-6(9)4-8(7)11-5/h2,4H,1H3. The summed E-state index contributed by atoms with van der Waals surface area (Å²) >= 11 is 7.42. The summed E-state index contributed by atoms with van der Waals surface area (Å²) in [7, 11) is 0. The van der Waals surface area contributed by atoms with E-state index in [0.29, 0.717) is 0 Å². The number of thiazole rings is 1. The van der Waals surface area contributed by atoms with Crippen LogP contribution in [0.25, 0.3) is 10.2 Å². The Morgan fingerprint density at radius 1 is 1.64 bits per heavy atom. The van der Waals surface area contributed by atoms with Gasteiger partial charge in [-0.3, -0.25) is 0 Å². The Morgan fingerprint density at radius 3 is 3.27 bits per heavy atom. The van der Waals surface area contributed by atoms with E-state index >= 15 is 0 Å². The Bertz CT molecular complexity index is 394. The molecule has 0 aliphatic heterocycles. The first-order valence-electron chi connectivity index (χ1n) is 3.20. The van der Waals surface area contributed by atoms with E-state index in [2.05, 4.69) is 11.1 Å². The maximum absolute atomic E-state index is 5.78. The molecular weight excluding hydrogens is 178 g/mol. The van der Waals surface area contributed by atoms with E-state index in [9.17, 15) is 0 Å². The second-order valence-electron chi connectivity index (χ2n) is 2.26. The fraction of sp³-hybridized carbons (Fsp3) is 0.125. The minimum atomic E-state index is 0.723. The molecule has 0 saturated carbocycles. The molecule has 1 heterocycles. The monoisotopic (exact) mass is 182 g/mol. The second-order valence-corrected chi connectivity index (χ2v) is 3.93. The number of halogens is 1. The molecule has 0 aliphatic rings. The Balaban J connectivity index is 2.82. The molecule has 1 aromatic carbocycles. The van der Waals surface area contributed by atoms with Gasteiger partial charge in [0, 0.05) is 11.1 Å². The molecule has 0 atom stereocenters. The Labute approximate surface area is 73.6 Å². The van der Waals surface area contributed by atoms with Crippen LogP contribution in [0.3, 0.4) is 0 Å². The number of benzene rings is 1. The zero-order valence-corrected chi connectivity index (χ0v) is 7.46. The number of hydrogen-bond acceptors (Lipinski definition) is 2. The number of nitrogens with zero attached hydrogens (tertiary/aromatic N) is 1.